The van der Waals surface area contributed by atoms with E-state index in [1.54, 1.807) is 0 Å². The van der Waals surface area contributed by atoms with Gasteiger partial charge in [-0.2, -0.15) is 4.31 Å². The normalized spacial score (nSPS) is 18.8. The van der Waals surface area contributed by atoms with Crippen LogP contribution in [0.25, 0.3) is 0 Å². The third-order valence-corrected chi connectivity index (χ3v) is 5.28. The van der Waals surface area contributed by atoms with Crippen molar-refractivity contribution in [3.8, 4) is 0 Å². The monoisotopic (exact) mass is 312 g/mol. The topological polar surface area (TPSA) is 99.2 Å². The standard InChI is InChI=1S/C13H20N4O3S/c14-13(15-18)10-16-6-8-17(9-7-16)21(19,20)11-12-4-2-1-3-5-12/h1-5,18H,6-11H2,(H2,14,15). The van der Waals surface area contributed by atoms with Gasteiger partial charge in [-0.15, -0.1) is 0 Å². The van der Waals surface area contributed by atoms with Crippen molar-refractivity contribution in [3.63, 3.8) is 0 Å². The zero-order valence-electron chi connectivity index (χ0n) is 11.7. The van der Waals surface area contributed by atoms with Crippen LogP contribution in [0.4, 0.5) is 0 Å². The van der Waals surface area contributed by atoms with Crippen molar-refractivity contribution in [2.24, 2.45) is 10.9 Å². The molecule has 1 heterocycles. The van der Waals surface area contributed by atoms with E-state index in [2.05, 4.69) is 5.16 Å². The lowest BCUT2D eigenvalue weighted by Crippen LogP contribution is -2.50. The number of benzene rings is 1. The Morgan fingerprint density at radius 1 is 1.19 bits per heavy atom. The molecule has 1 aromatic rings. The average Bonchev–Trinajstić information content (AvgIpc) is 2.48. The summed E-state index contributed by atoms with van der Waals surface area (Å²) in [5, 5.41) is 11.5. The zero-order chi connectivity index (χ0) is 15.3. The van der Waals surface area contributed by atoms with Crippen LogP contribution in [0.3, 0.4) is 0 Å². The second-order valence-corrected chi connectivity index (χ2v) is 6.98. The lowest BCUT2D eigenvalue weighted by molar-refractivity contribution is 0.206. The number of hydrogen-bond acceptors (Lipinski definition) is 5. The number of hydrogen-bond donors (Lipinski definition) is 2. The van der Waals surface area contributed by atoms with Crippen LogP contribution in [0.15, 0.2) is 35.5 Å². The van der Waals surface area contributed by atoms with Gasteiger partial charge in [0.1, 0.15) is 0 Å². The van der Waals surface area contributed by atoms with E-state index in [4.69, 9.17) is 10.9 Å². The van der Waals surface area contributed by atoms with Gasteiger partial charge in [0.05, 0.1) is 12.3 Å². The highest BCUT2D eigenvalue weighted by molar-refractivity contribution is 7.88. The molecule has 8 heteroatoms. The molecular weight excluding hydrogens is 292 g/mol. The maximum atomic E-state index is 12.4. The Morgan fingerprint density at radius 2 is 1.81 bits per heavy atom. The molecule has 0 saturated carbocycles. The van der Waals surface area contributed by atoms with Gasteiger partial charge in [0, 0.05) is 26.2 Å². The summed E-state index contributed by atoms with van der Waals surface area (Å²) in [5.74, 6) is 0.157. The quantitative estimate of drug-likeness (QED) is 0.342. The summed E-state index contributed by atoms with van der Waals surface area (Å²) < 4.78 is 26.2. The molecule has 1 aliphatic heterocycles. The minimum Gasteiger partial charge on any atom is -0.409 e. The van der Waals surface area contributed by atoms with E-state index in [0.717, 1.165) is 5.56 Å². The molecule has 0 radical (unpaired) electrons. The predicted molar refractivity (Wildman–Crippen MR) is 80.5 cm³/mol. The lowest BCUT2D eigenvalue weighted by atomic mass is 10.2. The Labute approximate surface area is 124 Å². The largest absolute Gasteiger partial charge is 0.409 e. The molecule has 3 N–H and O–H groups in total. The molecule has 2 rings (SSSR count). The van der Waals surface area contributed by atoms with Crippen molar-refractivity contribution in [2.75, 3.05) is 32.7 Å². The highest BCUT2D eigenvalue weighted by Gasteiger charge is 2.27. The van der Waals surface area contributed by atoms with Crippen LogP contribution in [0, 0.1) is 0 Å². The van der Waals surface area contributed by atoms with Gasteiger partial charge in [0.15, 0.2) is 5.84 Å². The van der Waals surface area contributed by atoms with Crippen molar-refractivity contribution in [2.45, 2.75) is 5.75 Å². The molecule has 1 saturated heterocycles. The van der Waals surface area contributed by atoms with Crippen molar-refractivity contribution in [1.82, 2.24) is 9.21 Å². The third kappa shape index (κ3) is 4.42. The molecule has 0 atom stereocenters. The Morgan fingerprint density at radius 3 is 2.38 bits per heavy atom. The van der Waals surface area contributed by atoms with Gasteiger partial charge in [0.25, 0.3) is 0 Å². The number of rotatable bonds is 5. The highest BCUT2D eigenvalue weighted by atomic mass is 32.2. The number of piperazine rings is 1. The van der Waals surface area contributed by atoms with E-state index in [-0.39, 0.29) is 11.6 Å². The van der Waals surface area contributed by atoms with Crippen LogP contribution < -0.4 is 5.73 Å². The van der Waals surface area contributed by atoms with Crippen LogP contribution in [-0.2, 0) is 15.8 Å². The van der Waals surface area contributed by atoms with Crippen molar-refractivity contribution >= 4 is 15.9 Å². The van der Waals surface area contributed by atoms with Gasteiger partial charge in [-0.1, -0.05) is 35.5 Å². The van der Waals surface area contributed by atoms with Gasteiger partial charge in [-0.25, -0.2) is 8.42 Å². The fourth-order valence-electron chi connectivity index (χ4n) is 2.30. The lowest BCUT2D eigenvalue weighted by Gasteiger charge is -2.33. The minimum absolute atomic E-state index is 0.0219. The zero-order valence-corrected chi connectivity index (χ0v) is 12.5. The van der Waals surface area contributed by atoms with Crippen LogP contribution >= 0.6 is 0 Å². The van der Waals surface area contributed by atoms with E-state index in [1.807, 2.05) is 35.2 Å². The second kappa shape index (κ2) is 6.88. The molecule has 1 aliphatic rings. The molecule has 1 aromatic carbocycles. The predicted octanol–water partition coefficient (Wildman–Crippen LogP) is -0.120. The summed E-state index contributed by atoms with van der Waals surface area (Å²) in [5.41, 5.74) is 6.24. The fraction of sp³-hybridized carbons (Fsp3) is 0.462. The molecule has 0 aromatic heterocycles. The smallest absolute Gasteiger partial charge is 0.218 e. The maximum absolute atomic E-state index is 12.4. The number of nitrogens with two attached hydrogens (primary N) is 1. The molecule has 116 valence electrons. The SMILES string of the molecule is NC(CN1CCN(S(=O)(=O)Cc2ccccc2)CC1)=NO. The van der Waals surface area contributed by atoms with E-state index < -0.39 is 10.0 Å². The van der Waals surface area contributed by atoms with E-state index in [0.29, 0.717) is 32.7 Å². The molecular formula is C13H20N4O3S. The average molecular weight is 312 g/mol. The number of amidine groups is 1. The van der Waals surface area contributed by atoms with Gasteiger partial charge >= 0.3 is 0 Å². The minimum atomic E-state index is -3.30. The Kier molecular flexibility index (Phi) is 5.16. The molecule has 0 aliphatic carbocycles. The van der Waals surface area contributed by atoms with Crippen LogP contribution in [-0.4, -0.2) is 61.4 Å². The first-order valence-electron chi connectivity index (χ1n) is 6.72. The number of sulfonamides is 1. The van der Waals surface area contributed by atoms with E-state index in [9.17, 15) is 8.42 Å². The fourth-order valence-corrected chi connectivity index (χ4v) is 3.82. The van der Waals surface area contributed by atoms with Crippen molar-refractivity contribution in [1.29, 1.82) is 0 Å². The Hall–Kier alpha value is -1.64. The first kappa shape index (κ1) is 15.7. The number of oxime groups is 1. The van der Waals surface area contributed by atoms with E-state index in [1.165, 1.54) is 4.31 Å². The Balaban J connectivity index is 1.92. The first-order valence-corrected chi connectivity index (χ1v) is 8.32. The van der Waals surface area contributed by atoms with Crippen molar-refractivity contribution in [3.05, 3.63) is 35.9 Å². The van der Waals surface area contributed by atoms with Crippen LogP contribution in [0.1, 0.15) is 5.56 Å². The summed E-state index contributed by atoms with van der Waals surface area (Å²) in [6.45, 7) is 2.35. The molecule has 0 bridgehead atoms. The molecule has 0 spiro atoms. The van der Waals surface area contributed by atoms with Gasteiger partial charge in [0.2, 0.25) is 10.0 Å². The molecule has 0 unspecified atom stereocenters. The van der Waals surface area contributed by atoms with Gasteiger partial charge < -0.3 is 10.9 Å². The number of nitrogens with zero attached hydrogens (tertiary/aromatic N) is 3. The summed E-state index contributed by atoms with van der Waals surface area (Å²) in [6.07, 6.45) is 0. The van der Waals surface area contributed by atoms with Crippen molar-refractivity contribution < 1.29 is 13.6 Å². The molecule has 0 amide bonds. The van der Waals surface area contributed by atoms with Crippen LogP contribution in [0.5, 0.6) is 0 Å². The maximum Gasteiger partial charge on any atom is 0.218 e. The molecule has 1 fully saturated rings. The first-order chi connectivity index (χ1) is 10.0. The summed E-state index contributed by atoms with van der Waals surface area (Å²) in [6, 6.07) is 9.15. The summed E-state index contributed by atoms with van der Waals surface area (Å²) in [7, 11) is -3.30. The Bertz CT molecular complexity index is 581. The van der Waals surface area contributed by atoms with E-state index >= 15 is 0 Å². The van der Waals surface area contributed by atoms with Crippen LogP contribution in [0.2, 0.25) is 0 Å². The summed E-state index contributed by atoms with van der Waals surface area (Å²) in [4.78, 5) is 1.96. The summed E-state index contributed by atoms with van der Waals surface area (Å²) >= 11 is 0. The van der Waals surface area contributed by atoms with Gasteiger partial charge in [-0.3, -0.25) is 4.90 Å². The van der Waals surface area contributed by atoms with Gasteiger partial charge in [-0.05, 0) is 5.56 Å². The third-order valence-electron chi connectivity index (χ3n) is 3.43. The highest BCUT2D eigenvalue weighted by Crippen LogP contribution is 2.13. The molecule has 21 heavy (non-hydrogen) atoms. The molecule has 7 nitrogen and oxygen atoms in total. The second-order valence-electron chi connectivity index (χ2n) is 5.01.